The Balaban J connectivity index is 2.05. The van der Waals surface area contributed by atoms with Crippen molar-refractivity contribution in [1.29, 1.82) is 0 Å². The van der Waals surface area contributed by atoms with Crippen molar-refractivity contribution in [2.24, 2.45) is 0 Å². The molecule has 112 valence electrons. The maximum atomic E-state index is 12.9. The summed E-state index contributed by atoms with van der Waals surface area (Å²) < 4.78 is 41.9. The minimum absolute atomic E-state index is 0.211. The predicted octanol–water partition coefficient (Wildman–Crippen LogP) is 1.18. The molecule has 0 spiro atoms. The third-order valence-corrected chi connectivity index (χ3v) is 2.83. The largest absolute Gasteiger partial charge is 0.493 e. The lowest BCUT2D eigenvalue weighted by atomic mass is 10.1. The van der Waals surface area contributed by atoms with Crippen molar-refractivity contribution >= 4 is 0 Å². The van der Waals surface area contributed by atoms with Gasteiger partial charge in [-0.25, -0.2) is 8.78 Å². The predicted molar refractivity (Wildman–Crippen MR) is 67.7 cm³/mol. The SMILES string of the molecule is COc1cc(CNCC(F)(F)CO)cc2c1OCCO2. The van der Waals surface area contributed by atoms with Crippen LogP contribution < -0.4 is 19.5 Å². The zero-order valence-electron chi connectivity index (χ0n) is 11.1. The van der Waals surface area contributed by atoms with Crippen LogP contribution in [-0.4, -0.2) is 44.5 Å². The quantitative estimate of drug-likeness (QED) is 0.823. The number of alkyl halides is 2. The van der Waals surface area contributed by atoms with E-state index < -0.39 is 19.1 Å². The molecular formula is C13H17F2NO4. The highest BCUT2D eigenvalue weighted by molar-refractivity contribution is 5.54. The van der Waals surface area contributed by atoms with E-state index in [1.165, 1.54) is 7.11 Å². The van der Waals surface area contributed by atoms with Gasteiger partial charge in [-0.05, 0) is 17.7 Å². The Bertz CT molecular complexity index is 451. The summed E-state index contributed by atoms with van der Waals surface area (Å²) in [6.07, 6.45) is 0. The van der Waals surface area contributed by atoms with Crippen molar-refractivity contribution in [3.63, 3.8) is 0 Å². The summed E-state index contributed by atoms with van der Waals surface area (Å²) in [4.78, 5) is 0. The number of hydrogen-bond donors (Lipinski definition) is 2. The van der Waals surface area contributed by atoms with E-state index in [1.54, 1.807) is 12.1 Å². The normalized spacial score (nSPS) is 14.2. The van der Waals surface area contributed by atoms with Crippen LogP contribution in [0.5, 0.6) is 17.2 Å². The van der Waals surface area contributed by atoms with Crippen LogP contribution in [0, 0.1) is 0 Å². The van der Waals surface area contributed by atoms with Crippen molar-refractivity contribution in [3.8, 4) is 17.2 Å². The van der Waals surface area contributed by atoms with Crippen LogP contribution in [0.25, 0.3) is 0 Å². The Kier molecular flexibility index (Phi) is 4.61. The molecule has 2 rings (SSSR count). The van der Waals surface area contributed by atoms with E-state index in [9.17, 15) is 8.78 Å². The molecule has 0 aliphatic carbocycles. The molecule has 0 fully saturated rings. The Morgan fingerprint density at radius 1 is 1.35 bits per heavy atom. The molecule has 0 radical (unpaired) electrons. The van der Waals surface area contributed by atoms with Gasteiger partial charge in [-0.2, -0.15) is 0 Å². The molecule has 2 N–H and O–H groups in total. The number of aliphatic hydroxyl groups is 1. The molecular weight excluding hydrogens is 272 g/mol. The van der Waals surface area contributed by atoms with Crippen LogP contribution >= 0.6 is 0 Å². The van der Waals surface area contributed by atoms with Crippen molar-refractivity contribution in [2.45, 2.75) is 12.5 Å². The van der Waals surface area contributed by atoms with Crippen LogP contribution in [-0.2, 0) is 6.54 Å². The molecule has 20 heavy (non-hydrogen) atoms. The zero-order valence-corrected chi connectivity index (χ0v) is 11.1. The maximum absolute atomic E-state index is 12.9. The molecule has 0 unspecified atom stereocenters. The van der Waals surface area contributed by atoms with Gasteiger partial charge in [-0.15, -0.1) is 0 Å². The van der Waals surface area contributed by atoms with Gasteiger partial charge in [-0.3, -0.25) is 0 Å². The summed E-state index contributed by atoms with van der Waals surface area (Å²) >= 11 is 0. The summed E-state index contributed by atoms with van der Waals surface area (Å²) in [7, 11) is 1.50. The monoisotopic (exact) mass is 289 g/mol. The van der Waals surface area contributed by atoms with Crippen molar-refractivity contribution in [3.05, 3.63) is 17.7 Å². The van der Waals surface area contributed by atoms with Crippen molar-refractivity contribution < 1.29 is 28.1 Å². The summed E-state index contributed by atoms with van der Waals surface area (Å²) in [6, 6.07) is 3.43. The van der Waals surface area contributed by atoms with Gasteiger partial charge in [0.15, 0.2) is 11.5 Å². The molecule has 1 aliphatic heterocycles. The Morgan fingerprint density at radius 2 is 2.10 bits per heavy atom. The third-order valence-electron chi connectivity index (χ3n) is 2.83. The molecule has 1 heterocycles. The summed E-state index contributed by atoms with van der Waals surface area (Å²) in [5, 5.41) is 11.1. The second-order valence-corrected chi connectivity index (χ2v) is 4.44. The maximum Gasteiger partial charge on any atom is 0.282 e. The zero-order chi connectivity index (χ0) is 14.6. The average molecular weight is 289 g/mol. The molecule has 7 heteroatoms. The van der Waals surface area contributed by atoms with E-state index in [4.69, 9.17) is 19.3 Å². The van der Waals surface area contributed by atoms with Gasteiger partial charge in [0.2, 0.25) is 5.75 Å². The fourth-order valence-corrected chi connectivity index (χ4v) is 1.88. The van der Waals surface area contributed by atoms with Gasteiger partial charge < -0.3 is 24.6 Å². The van der Waals surface area contributed by atoms with E-state index in [1.807, 2.05) is 0 Å². The highest BCUT2D eigenvalue weighted by Crippen LogP contribution is 2.40. The molecule has 0 amide bonds. The molecule has 0 saturated carbocycles. The molecule has 1 aromatic carbocycles. The van der Waals surface area contributed by atoms with Gasteiger partial charge in [0.25, 0.3) is 5.92 Å². The van der Waals surface area contributed by atoms with E-state index in [0.717, 1.165) is 5.56 Å². The first-order valence-electron chi connectivity index (χ1n) is 6.21. The minimum Gasteiger partial charge on any atom is -0.493 e. The average Bonchev–Trinajstić information content (AvgIpc) is 2.46. The summed E-state index contributed by atoms with van der Waals surface area (Å²) in [5.74, 6) is -1.55. The Hall–Kier alpha value is -1.60. The number of rotatable bonds is 6. The van der Waals surface area contributed by atoms with Crippen LogP contribution in [0.15, 0.2) is 12.1 Å². The number of fused-ring (bicyclic) bond motifs is 1. The van der Waals surface area contributed by atoms with E-state index in [2.05, 4.69) is 5.32 Å². The smallest absolute Gasteiger partial charge is 0.282 e. The van der Waals surface area contributed by atoms with E-state index >= 15 is 0 Å². The number of aliphatic hydroxyl groups excluding tert-OH is 1. The molecule has 1 aromatic rings. The van der Waals surface area contributed by atoms with Crippen LogP contribution in [0.1, 0.15) is 5.56 Å². The van der Waals surface area contributed by atoms with Gasteiger partial charge in [0, 0.05) is 6.54 Å². The fraction of sp³-hybridized carbons (Fsp3) is 0.538. The van der Waals surface area contributed by atoms with Gasteiger partial charge in [-0.1, -0.05) is 0 Å². The lowest BCUT2D eigenvalue weighted by Crippen LogP contribution is -2.35. The van der Waals surface area contributed by atoms with E-state index in [0.29, 0.717) is 30.5 Å². The number of nitrogens with one attached hydrogen (secondary N) is 1. The second-order valence-electron chi connectivity index (χ2n) is 4.44. The van der Waals surface area contributed by atoms with Crippen LogP contribution in [0.4, 0.5) is 8.78 Å². The highest BCUT2D eigenvalue weighted by Gasteiger charge is 2.27. The lowest BCUT2D eigenvalue weighted by Gasteiger charge is -2.21. The first-order valence-corrected chi connectivity index (χ1v) is 6.21. The second kappa shape index (κ2) is 6.23. The van der Waals surface area contributed by atoms with Crippen LogP contribution in [0.3, 0.4) is 0 Å². The summed E-state index contributed by atoms with van der Waals surface area (Å²) in [6.45, 7) is -0.674. The number of methoxy groups -OCH3 is 1. The van der Waals surface area contributed by atoms with Gasteiger partial charge in [0.05, 0.1) is 13.7 Å². The van der Waals surface area contributed by atoms with Crippen LogP contribution in [0.2, 0.25) is 0 Å². The number of ether oxygens (including phenoxy) is 3. The first-order chi connectivity index (χ1) is 9.55. The molecule has 0 atom stereocenters. The molecule has 5 nitrogen and oxygen atoms in total. The fourth-order valence-electron chi connectivity index (χ4n) is 1.88. The first kappa shape index (κ1) is 14.8. The molecule has 0 saturated heterocycles. The lowest BCUT2D eigenvalue weighted by molar-refractivity contribution is -0.0477. The summed E-state index contributed by atoms with van der Waals surface area (Å²) in [5.41, 5.74) is 0.736. The van der Waals surface area contributed by atoms with Gasteiger partial charge in [0.1, 0.15) is 19.8 Å². The molecule has 0 aromatic heterocycles. The topological polar surface area (TPSA) is 60.0 Å². The van der Waals surface area contributed by atoms with Crippen molar-refractivity contribution in [2.75, 3.05) is 33.5 Å². The number of benzene rings is 1. The van der Waals surface area contributed by atoms with E-state index in [-0.39, 0.29) is 6.54 Å². The third kappa shape index (κ3) is 3.49. The standard InChI is InChI=1S/C13H17F2NO4/c1-18-10-4-9(6-16-7-13(14,15)8-17)5-11-12(10)20-3-2-19-11/h4-5,16-17H,2-3,6-8H2,1H3. The minimum atomic E-state index is -3.13. The Morgan fingerprint density at radius 3 is 2.80 bits per heavy atom. The number of halogens is 2. The molecule has 1 aliphatic rings. The highest BCUT2D eigenvalue weighted by atomic mass is 19.3. The van der Waals surface area contributed by atoms with Crippen molar-refractivity contribution in [1.82, 2.24) is 5.32 Å². The molecule has 0 bridgehead atoms. The Labute approximate surface area is 115 Å². The number of hydrogen-bond acceptors (Lipinski definition) is 5. The van der Waals surface area contributed by atoms with Gasteiger partial charge >= 0.3 is 0 Å².